The minimum atomic E-state index is -0.584. The summed E-state index contributed by atoms with van der Waals surface area (Å²) in [6.45, 7) is 5.07. The topological polar surface area (TPSA) is 77.0 Å². The standard InChI is InChI=1S/C8H12BrN3O3/c1-8(2,3)5(13)15-4-12-6(9)10-11-7(12)14/h4H2,1-3H3,(H,11,14). The monoisotopic (exact) mass is 277 g/mol. The molecule has 7 heteroatoms. The normalized spacial score (nSPS) is 11.5. The Morgan fingerprint density at radius 3 is 2.60 bits per heavy atom. The largest absolute Gasteiger partial charge is 0.443 e. The van der Waals surface area contributed by atoms with Gasteiger partial charge in [-0.15, -0.1) is 5.10 Å². The molecule has 84 valence electrons. The highest BCUT2D eigenvalue weighted by Crippen LogP contribution is 2.15. The maximum Gasteiger partial charge on any atom is 0.346 e. The second-order valence-electron chi connectivity index (χ2n) is 4.04. The SMILES string of the molecule is CC(C)(C)C(=O)OCn1c(Br)n[nH]c1=O. The van der Waals surface area contributed by atoms with Gasteiger partial charge >= 0.3 is 11.7 Å². The van der Waals surface area contributed by atoms with Crippen LogP contribution in [0.1, 0.15) is 20.8 Å². The van der Waals surface area contributed by atoms with Gasteiger partial charge < -0.3 is 4.74 Å². The summed E-state index contributed by atoms with van der Waals surface area (Å²) in [7, 11) is 0. The predicted molar refractivity (Wildman–Crippen MR) is 56.1 cm³/mol. The second-order valence-corrected chi connectivity index (χ2v) is 4.75. The molecule has 0 saturated heterocycles. The molecular weight excluding hydrogens is 266 g/mol. The van der Waals surface area contributed by atoms with Crippen LogP contribution in [0.5, 0.6) is 0 Å². The number of aromatic nitrogens is 3. The number of ether oxygens (including phenoxy) is 1. The Hall–Kier alpha value is -1.11. The highest BCUT2D eigenvalue weighted by atomic mass is 79.9. The molecule has 0 bridgehead atoms. The van der Waals surface area contributed by atoms with Gasteiger partial charge in [0.2, 0.25) is 4.73 Å². The van der Waals surface area contributed by atoms with Crippen molar-refractivity contribution in [1.29, 1.82) is 0 Å². The number of nitrogens with zero attached hydrogens (tertiary/aromatic N) is 2. The zero-order valence-corrected chi connectivity index (χ0v) is 10.3. The molecule has 1 aromatic rings. The maximum atomic E-state index is 11.4. The van der Waals surface area contributed by atoms with Crippen LogP contribution in [0.3, 0.4) is 0 Å². The zero-order valence-electron chi connectivity index (χ0n) is 8.70. The van der Waals surface area contributed by atoms with Crippen molar-refractivity contribution in [3.05, 3.63) is 15.2 Å². The molecule has 0 aromatic carbocycles. The van der Waals surface area contributed by atoms with Crippen LogP contribution in [0.15, 0.2) is 9.53 Å². The molecule has 1 aromatic heterocycles. The van der Waals surface area contributed by atoms with Crippen molar-refractivity contribution in [1.82, 2.24) is 14.8 Å². The van der Waals surface area contributed by atoms with E-state index in [0.29, 0.717) is 4.73 Å². The fraction of sp³-hybridized carbons (Fsp3) is 0.625. The third-order valence-electron chi connectivity index (χ3n) is 1.65. The van der Waals surface area contributed by atoms with Crippen molar-refractivity contribution in [2.24, 2.45) is 5.41 Å². The van der Waals surface area contributed by atoms with E-state index in [9.17, 15) is 9.59 Å². The lowest BCUT2D eigenvalue weighted by Crippen LogP contribution is -2.27. The third kappa shape index (κ3) is 2.92. The Kier molecular flexibility index (Phi) is 3.33. The number of nitrogens with one attached hydrogen (secondary N) is 1. The number of aromatic amines is 1. The first kappa shape index (κ1) is 12.0. The van der Waals surface area contributed by atoms with Gasteiger partial charge in [0.15, 0.2) is 6.73 Å². The molecule has 6 nitrogen and oxygen atoms in total. The molecule has 15 heavy (non-hydrogen) atoms. The number of halogens is 1. The van der Waals surface area contributed by atoms with E-state index in [1.807, 2.05) is 0 Å². The minimum Gasteiger partial charge on any atom is -0.443 e. The average Bonchev–Trinajstić information content (AvgIpc) is 2.41. The molecule has 0 aliphatic rings. The molecule has 1 heterocycles. The molecule has 0 amide bonds. The quantitative estimate of drug-likeness (QED) is 0.815. The lowest BCUT2D eigenvalue weighted by molar-refractivity contribution is -0.157. The van der Waals surface area contributed by atoms with Gasteiger partial charge in [-0.1, -0.05) is 0 Å². The summed E-state index contributed by atoms with van der Waals surface area (Å²) in [5, 5.41) is 5.83. The molecule has 0 saturated carbocycles. The molecular formula is C8H12BrN3O3. The smallest absolute Gasteiger partial charge is 0.346 e. The third-order valence-corrected chi connectivity index (χ3v) is 2.25. The van der Waals surface area contributed by atoms with E-state index in [0.717, 1.165) is 0 Å². The van der Waals surface area contributed by atoms with Crippen molar-refractivity contribution < 1.29 is 9.53 Å². The first-order valence-electron chi connectivity index (χ1n) is 4.30. The maximum absolute atomic E-state index is 11.4. The summed E-state index contributed by atoms with van der Waals surface area (Å²) >= 11 is 3.05. The van der Waals surface area contributed by atoms with Gasteiger partial charge in [0.25, 0.3) is 0 Å². The molecule has 1 N–H and O–H groups in total. The lowest BCUT2D eigenvalue weighted by Gasteiger charge is -2.16. The van der Waals surface area contributed by atoms with Crippen molar-refractivity contribution in [3.8, 4) is 0 Å². The summed E-state index contributed by atoms with van der Waals surface area (Å²) in [6, 6.07) is 0. The Morgan fingerprint density at radius 2 is 2.20 bits per heavy atom. The molecule has 0 fully saturated rings. The number of carbonyl (C=O) groups excluding carboxylic acids is 1. The first-order valence-corrected chi connectivity index (χ1v) is 5.09. The van der Waals surface area contributed by atoms with Crippen LogP contribution < -0.4 is 5.69 Å². The molecule has 0 spiro atoms. The van der Waals surface area contributed by atoms with E-state index < -0.39 is 11.1 Å². The number of hydrogen-bond donors (Lipinski definition) is 1. The van der Waals surface area contributed by atoms with Crippen LogP contribution in [0.4, 0.5) is 0 Å². The van der Waals surface area contributed by atoms with Crippen LogP contribution in [0, 0.1) is 5.41 Å². The Labute approximate surface area is 94.8 Å². The predicted octanol–water partition coefficient (Wildman–Crippen LogP) is 0.881. The Bertz CT molecular complexity index is 416. The van der Waals surface area contributed by atoms with Gasteiger partial charge in [-0.25, -0.2) is 14.5 Å². The Balaban J connectivity index is 2.67. The summed E-state index contributed by atoms with van der Waals surface area (Å²) in [5.74, 6) is -0.373. The molecule has 0 aliphatic heterocycles. The summed E-state index contributed by atoms with van der Waals surface area (Å²) in [5.41, 5.74) is -1.01. The Morgan fingerprint density at radius 1 is 1.60 bits per heavy atom. The van der Waals surface area contributed by atoms with Gasteiger partial charge in [-0.05, 0) is 36.7 Å². The molecule has 0 aliphatic carbocycles. The summed E-state index contributed by atoms with van der Waals surface area (Å²) in [4.78, 5) is 22.5. The highest BCUT2D eigenvalue weighted by Gasteiger charge is 2.23. The van der Waals surface area contributed by atoms with Gasteiger partial charge in [0.1, 0.15) is 0 Å². The van der Waals surface area contributed by atoms with E-state index in [1.54, 1.807) is 20.8 Å². The van der Waals surface area contributed by atoms with E-state index in [4.69, 9.17) is 4.74 Å². The first-order chi connectivity index (χ1) is 6.82. The summed E-state index contributed by atoms with van der Waals surface area (Å²) < 4.78 is 6.42. The highest BCUT2D eigenvalue weighted by molar-refractivity contribution is 9.10. The number of H-pyrrole nitrogens is 1. The van der Waals surface area contributed by atoms with Crippen molar-refractivity contribution >= 4 is 21.9 Å². The van der Waals surface area contributed by atoms with Gasteiger partial charge in [0, 0.05) is 0 Å². The number of esters is 1. The van der Waals surface area contributed by atoms with Gasteiger partial charge in [-0.3, -0.25) is 4.79 Å². The van der Waals surface area contributed by atoms with Crippen LogP contribution in [-0.2, 0) is 16.3 Å². The van der Waals surface area contributed by atoms with Crippen molar-refractivity contribution in [2.75, 3.05) is 0 Å². The van der Waals surface area contributed by atoms with E-state index in [2.05, 4.69) is 26.1 Å². The fourth-order valence-corrected chi connectivity index (χ4v) is 1.10. The molecule has 0 unspecified atom stereocenters. The zero-order chi connectivity index (χ0) is 11.6. The fourth-order valence-electron chi connectivity index (χ4n) is 0.750. The van der Waals surface area contributed by atoms with E-state index in [1.165, 1.54) is 4.57 Å². The second kappa shape index (κ2) is 4.18. The molecule has 0 radical (unpaired) electrons. The lowest BCUT2D eigenvalue weighted by atomic mass is 9.98. The summed E-state index contributed by atoms with van der Waals surface area (Å²) in [6.07, 6.45) is 0. The number of rotatable bonds is 2. The molecule has 1 rings (SSSR count). The van der Waals surface area contributed by atoms with Crippen molar-refractivity contribution in [3.63, 3.8) is 0 Å². The van der Waals surface area contributed by atoms with Crippen LogP contribution in [0.25, 0.3) is 0 Å². The minimum absolute atomic E-state index is 0.147. The number of carbonyl (C=O) groups is 1. The van der Waals surface area contributed by atoms with Crippen molar-refractivity contribution in [2.45, 2.75) is 27.5 Å². The van der Waals surface area contributed by atoms with Crippen LogP contribution in [-0.4, -0.2) is 20.7 Å². The molecule has 0 atom stereocenters. The van der Waals surface area contributed by atoms with Gasteiger partial charge in [0.05, 0.1) is 5.41 Å². The average molecular weight is 278 g/mol. The number of hydrogen-bond acceptors (Lipinski definition) is 4. The van der Waals surface area contributed by atoms with E-state index >= 15 is 0 Å². The van der Waals surface area contributed by atoms with Crippen LogP contribution >= 0.6 is 15.9 Å². The van der Waals surface area contributed by atoms with Crippen LogP contribution in [0.2, 0.25) is 0 Å². The van der Waals surface area contributed by atoms with E-state index in [-0.39, 0.29) is 12.7 Å². The van der Waals surface area contributed by atoms with Gasteiger partial charge in [-0.2, -0.15) is 0 Å².